The summed E-state index contributed by atoms with van der Waals surface area (Å²) in [5.74, 6) is 1.65. The van der Waals surface area contributed by atoms with Crippen LogP contribution in [0.2, 0.25) is 0 Å². The van der Waals surface area contributed by atoms with Crippen LogP contribution < -0.4 is 10.0 Å². The molecule has 2 fully saturated rings. The van der Waals surface area contributed by atoms with Gasteiger partial charge in [-0.05, 0) is 37.0 Å². The zero-order valence-electron chi connectivity index (χ0n) is 13.0. The Kier molecular flexibility index (Phi) is 5.46. The first kappa shape index (κ1) is 15.6. The van der Waals surface area contributed by atoms with Gasteiger partial charge in [-0.25, -0.2) is 0 Å². The second kappa shape index (κ2) is 7.34. The molecule has 2 aliphatic carbocycles. The standard InChI is InChI=1S/C18H26ClOP/c1-20-18-14(13-19)7-6-12-17(18)21(15-8-2-3-9-15)16-10-4-5-11-16/h6-7,12,15-16H,2-5,8-11,13H2,1H3. The molecule has 1 aromatic carbocycles. The van der Waals surface area contributed by atoms with Gasteiger partial charge in [0.15, 0.2) is 0 Å². The number of ether oxygens (including phenoxy) is 1. The number of hydrogen-bond donors (Lipinski definition) is 0. The van der Waals surface area contributed by atoms with Gasteiger partial charge in [0, 0.05) is 10.9 Å². The van der Waals surface area contributed by atoms with E-state index in [2.05, 4.69) is 18.2 Å². The van der Waals surface area contributed by atoms with Gasteiger partial charge < -0.3 is 4.74 Å². The molecule has 0 unspecified atom stereocenters. The average molecular weight is 325 g/mol. The number of para-hydroxylation sites is 1. The minimum absolute atomic E-state index is 0.0902. The SMILES string of the molecule is COc1c(CCl)cccc1P(C1CCCC1)C1CCCC1. The molecule has 116 valence electrons. The van der Waals surface area contributed by atoms with Crippen molar-refractivity contribution in [2.45, 2.75) is 68.6 Å². The fraction of sp³-hybridized carbons (Fsp3) is 0.667. The third-order valence-corrected chi connectivity index (χ3v) is 8.94. The summed E-state index contributed by atoms with van der Waals surface area (Å²) in [5.41, 5.74) is 3.00. The highest BCUT2D eigenvalue weighted by Gasteiger charge is 2.35. The van der Waals surface area contributed by atoms with Gasteiger partial charge >= 0.3 is 0 Å². The van der Waals surface area contributed by atoms with E-state index in [1.807, 2.05) is 7.11 Å². The molecule has 0 radical (unpaired) electrons. The first-order valence-electron chi connectivity index (χ1n) is 8.35. The summed E-state index contributed by atoms with van der Waals surface area (Å²) in [4.78, 5) is 0. The second-order valence-electron chi connectivity index (χ2n) is 6.39. The monoisotopic (exact) mass is 324 g/mol. The molecule has 2 aliphatic rings. The Morgan fingerprint density at radius 2 is 1.62 bits per heavy atom. The zero-order valence-corrected chi connectivity index (χ0v) is 14.6. The smallest absolute Gasteiger partial charge is 0.130 e. The van der Waals surface area contributed by atoms with Crippen LogP contribution in [-0.2, 0) is 5.88 Å². The third kappa shape index (κ3) is 3.25. The molecule has 3 heteroatoms. The van der Waals surface area contributed by atoms with Crippen LogP contribution in [0.5, 0.6) is 5.75 Å². The van der Waals surface area contributed by atoms with E-state index in [1.165, 1.54) is 62.2 Å². The van der Waals surface area contributed by atoms with Crippen LogP contribution in [0.25, 0.3) is 0 Å². The lowest BCUT2D eigenvalue weighted by atomic mass is 10.2. The van der Waals surface area contributed by atoms with Gasteiger partial charge in [0.05, 0.1) is 13.0 Å². The van der Waals surface area contributed by atoms with Gasteiger partial charge in [0.25, 0.3) is 0 Å². The van der Waals surface area contributed by atoms with E-state index < -0.39 is 0 Å². The van der Waals surface area contributed by atoms with Crippen molar-refractivity contribution in [3.63, 3.8) is 0 Å². The number of alkyl halides is 1. The van der Waals surface area contributed by atoms with Crippen LogP contribution in [0.4, 0.5) is 0 Å². The van der Waals surface area contributed by atoms with Crippen molar-refractivity contribution in [2.75, 3.05) is 7.11 Å². The van der Waals surface area contributed by atoms with Crippen LogP contribution in [-0.4, -0.2) is 18.4 Å². The maximum atomic E-state index is 6.13. The van der Waals surface area contributed by atoms with E-state index in [-0.39, 0.29) is 7.92 Å². The van der Waals surface area contributed by atoms with Crippen molar-refractivity contribution in [3.8, 4) is 5.75 Å². The van der Waals surface area contributed by atoms with E-state index in [0.29, 0.717) is 5.88 Å². The summed E-state index contributed by atoms with van der Waals surface area (Å²) in [7, 11) is 1.72. The molecule has 2 saturated carbocycles. The molecule has 0 amide bonds. The molecule has 1 nitrogen and oxygen atoms in total. The lowest BCUT2D eigenvalue weighted by Gasteiger charge is -2.32. The van der Waals surface area contributed by atoms with Crippen molar-refractivity contribution < 1.29 is 4.74 Å². The van der Waals surface area contributed by atoms with Crippen LogP contribution in [0.15, 0.2) is 18.2 Å². The van der Waals surface area contributed by atoms with E-state index in [9.17, 15) is 0 Å². The fourth-order valence-corrected chi connectivity index (χ4v) is 8.34. The van der Waals surface area contributed by atoms with E-state index in [4.69, 9.17) is 16.3 Å². The normalized spacial score (nSPS) is 20.5. The van der Waals surface area contributed by atoms with Crippen molar-refractivity contribution in [1.29, 1.82) is 0 Å². The van der Waals surface area contributed by atoms with Crippen molar-refractivity contribution >= 4 is 24.8 Å². The second-order valence-corrected chi connectivity index (χ2v) is 9.41. The first-order valence-corrected chi connectivity index (χ1v) is 10.4. The summed E-state index contributed by atoms with van der Waals surface area (Å²) in [6.45, 7) is 0. The van der Waals surface area contributed by atoms with Crippen molar-refractivity contribution in [3.05, 3.63) is 23.8 Å². The minimum atomic E-state index is -0.0902. The molecule has 21 heavy (non-hydrogen) atoms. The summed E-state index contributed by atoms with van der Waals surface area (Å²) in [6, 6.07) is 6.64. The molecule has 1 aromatic rings. The van der Waals surface area contributed by atoms with Crippen LogP contribution in [0.3, 0.4) is 0 Å². The maximum Gasteiger partial charge on any atom is 0.130 e. The van der Waals surface area contributed by atoms with Gasteiger partial charge in [0.1, 0.15) is 5.75 Å². The Hall–Kier alpha value is -0.260. The van der Waals surface area contributed by atoms with Gasteiger partial charge in [0.2, 0.25) is 0 Å². The molecule has 0 saturated heterocycles. The fourth-order valence-electron chi connectivity index (χ4n) is 4.17. The highest BCUT2D eigenvalue weighted by Crippen LogP contribution is 2.57. The summed E-state index contributed by atoms with van der Waals surface area (Å²) in [5, 5.41) is 1.50. The first-order chi connectivity index (χ1) is 10.3. The molecular weight excluding hydrogens is 299 g/mol. The predicted octanol–water partition coefficient (Wildman–Crippen LogP) is 5.43. The number of benzene rings is 1. The molecule has 0 heterocycles. The van der Waals surface area contributed by atoms with E-state index in [1.54, 1.807) is 0 Å². The van der Waals surface area contributed by atoms with Gasteiger partial charge in [-0.15, -0.1) is 11.6 Å². The quantitative estimate of drug-likeness (QED) is 0.518. The topological polar surface area (TPSA) is 9.23 Å². The highest BCUT2D eigenvalue weighted by molar-refractivity contribution is 7.67. The molecule has 0 atom stereocenters. The number of halogens is 1. The molecule has 3 rings (SSSR count). The molecule has 0 bridgehead atoms. The van der Waals surface area contributed by atoms with E-state index in [0.717, 1.165) is 17.1 Å². The van der Waals surface area contributed by atoms with Crippen LogP contribution >= 0.6 is 19.5 Å². The molecule has 0 aliphatic heterocycles. The number of hydrogen-bond acceptors (Lipinski definition) is 1. The van der Waals surface area contributed by atoms with Gasteiger partial charge in [-0.2, -0.15) is 0 Å². The Morgan fingerprint density at radius 3 is 2.10 bits per heavy atom. The average Bonchev–Trinajstić information content (AvgIpc) is 3.21. The molecule has 0 N–H and O–H groups in total. The molecule has 0 spiro atoms. The summed E-state index contributed by atoms with van der Waals surface area (Å²) in [6.07, 6.45) is 11.4. The Morgan fingerprint density at radius 1 is 1.05 bits per heavy atom. The number of rotatable bonds is 5. The molecular formula is C18H26ClOP. The minimum Gasteiger partial charge on any atom is -0.496 e. The van der Waals surface area contributed by atoms with Gasteiger partial charge in [-0.3, -0.25) is 0 Å². The van der Waals surface area contributed by atoms with Crippen LogP contribution in [0.1, 0.15) is 56.9 Å². The van der Waals surface area contributed by atoms with Crippen LogP contribution in [0, 0.1) is 0 Å². The number of methoxy groups -OCH3 is 1. The Balaban J connectivity index is 1.98. The molecule has 0 aromatic heterocycles. The lowest BCUT2D eigenvalue weighted by molar-refractivity contribution is 0.414. The maximum absolute atomic E-state index is 6.13. The summed E-state index contributed by atoms with van der Waals surface area (Å²) >= 11 is 6.13. The van der Waals surface area contributed by atoms with Crippen molar-refractivity contribution in [2.24, 2.45) is 0 Å². The van der Waals surface area contributed by atoms with E-state index >= 15 is 0 Å². The zero-order chi connectivity index (χ0) is 14.7. The third-order valence-electron chi connectivity index (χ3n) is 5.14. The van der Waals surface area contributed by atoms with Crippen molar-refractivity contribution in [1.82, 2.24) is 0 Å². The summed E-state index contributed by atoms with van der Waals surface area (Å²) < 4.78 is 5.80. The highest BCUT2D eigenvalue weighted by atomic mass is 35.5. The Labute approximate surface area is 135 Å². The predicted molar refractivity (Wildman–Crippen MR) is 93.6 cm³/mol. The van der Waals surface area contributed by atoms with Gasteiger partial charge in [-0.1, -0.05) is 51.8 Å². The lowest BCUT2D eigenvalue weighted by Crippen LogP contribution is -2.21. The largest absolute Gasteiger partial charge is 0.496 e. The Bertz CT molecular complexity index is 448.